The second kappa shape index (κ2) is 8.00. The van der Waals surface area contributed by atoms with Crippen LogP contribution in [0, 0.1) is 6.92 Å². The molecule has 0 aliphatic carbocycles. The molecule has 0 bridgehead atoms. The maximum atomic E-state index is 12.7. The number of nitrogens with one attached hydrogen (secondary N) is 1. The van der Waals surface area contributed by atoms with Crippen LogP contribution in [0.15, 0.2) is 54.6 Å². The summed E-state index contributed by atoms with van der Waals surface area (Å²) in [5.74, 6) is 0.685. The molecule has 0 aliphatic heterocycles. The zero-order chi connectivity index (χ0) is 18.5. The van der Waals surface area contributed by atoms with Gasteiger partial charge in [-0.15, -0.1) is 0 Å². The van der Waals surface area contributed by atoms with Gasteiger partial charge in [0.25, 0.3) is 5.91 Å². The third kappa shape index (κ3) is 4.20. The monoisotopic (exact) mass is 348 g/mol. The summed E-state index contributed by atoms with van der Waals surface area (Å²) in [6.07, 6.45) is 1.84. The average Bonchev–Trinajstić information content (AvgIpc) is 2.66. The smallest absolute Gasteiger partial charge is 0.253 e. The Kier molecular flexibility index (Phi) is 5.52. The van der Waals surface area contributed by atoms with Crippen molar-refractivity contribution in [2.75, 3.05) is 7.11 Å². The number of pyridine rings is 1. The van der Waals surface area contributed by atoms with Crippen LogP contribution in [0.5, 0.6) is 5.75 Å². The van der Waals surface area contributed by atoms with E-state index in [0.29, 0.717) is 5.56 Å². The molecule has 0 saturated heterocycles. The topological polar surface area (TPSA) is 51.2 Å². The molecule has 1 atom stereocenters. The number of hydrogen-bond donors (Lipinski definition) is 1. The number of nitrogens with zero attached hydrogens (tertiary/aromatic N) is 1. The van der Waals surface area contributed by atoms with Crippen molar-refractivity contribution in [1.29, 1.82) is 0 Å². The van der Waals surface area contributed by atoms with Crippen molar-refractivity contribution in [3.8, 4) is 5.75 Å². The summed E-state index contributed by atoms with van der Waals surface area (Å²) in [6.45, 7) is 3.90. The lowest BCUT2D eigenvalue weighted by atomic mass is 10.0. The Morgan fingerprint density at radius 1 is 1.15 bits per heavy atom. The van der Waals surface area contributed by atoms with Crippen molar-refractivity contribution in [2.45, 2.75) is 32.7 Å². The summed E-state index contributed by atoms with van der Waals surface area (Å²) < 4.78 is 5.24. The van der Waals surface area contributed by atoms with E-state index in [-0.39, 0.29) is 11.9 Å². The fourth-order valence-corrected chi connectivity index (χ4v) is 3.00. The largest absolute Gasteiger partial charge is 0.497 e. The fraction of sp³-hybridized carbons (Fsp3) is 0.273. The summed E-state index contributed by atoms with van der Waals surface area (Å²) in [5.41, 5.74) is 3.45. The van der Waals surface area contributed by atoms with Crippen molar-refractivity contribution in [3.63, 3.8) is 0 Å². The van der Waals surface area contributed by atoms with E-state index >= 15 is 0 Å². The highest BCUT2D eigenvalue weighted by Gasteiger charge is 2.14. The van der Waals surface area contributed by atoms with Gasteiger partial charge in [0.15, 0.2) is 0 Å². The van der Waals surface area contributed by atoms with Crippen molar-refractivity contribution in [2.24, 2.45) is 0 Å². The number of aryl methyl sites for hydroxylation is 2. The van der Waals surface area contributed by atoms with Crippen molar-refractivity contribution in [3.05, 3.63) is 71.4 Å². The molecule has 3 aromatic rings. The van der Waals surface area contributed by atoms with Gasteiger partial charge < -0.3 is 10.1 Å². The molecule has 1 amide bonds. The maximum Gasteiger partial charge on any atom is 0.253 e. The third-order valence-corrected chi connectivity index (χ3v) is 4.55. The van der Waals surface area contributed by atoms with Gasteiger partial charge in [-0.05, 0) is 50.5 Å². The lowest BCUT2D eigenvalue weighted by Gasteiger charge is -2.15. The lowest BCUT2D eigenvalue weighted by Crippen LogP contribution is -2.33. The highest BCUT2D eigenvalue weighted by atomic mass is 16.5. The normalized spacial score (nSPS) is 12.0. The first-order chi connectivity index (χ1) is 12.6. The fourth-order valence-electron chi connectivity index (χ4n) is 3.00. The van der Waals surface area contributed by atoms with Crippen LogP contribution in [0.3, 0.4) is 0 Å². The second-order valence-corrected chi connectivity index (χ2v) is 6.58. The van der Waals surface area contributed by atoms with Gasteiger partial charge in [-0.3, -0.25) is 9.78 Å². The van der Waals surface area contributed by atoms with Gasteiger partial charge in [0, 0.05) is 17.5 Å². The molecule has 0 unspecified atom stereocenters. The minimum Gasteiger partial charge on any atom is -0.497 e. The first-order valence-corrected chi connectivity index (χ1v) is 8.87. The quantitative estimate of drug-likeness (QED) is 0.722. The second-order valence-electron chi connectivity index (χ2n) is 6.58. The van der Waals surface area contributed by atoms with Crippen LogP contribution < -0.4 is 10.1 Å². The number of ether oxygens (including phenoxy) is 1. The Morgan fingerprint density at radius 2 is 1.92 bits per heavy atom. The molecular weight excluding hydrogens is 324 g/mol. The first-order valence-electron chi connectivity index (χ1n) is 8.87. The van der Waals surface area contributed by atoms with E-state index in [1.54, 1.807) is 7.11 Å². The van der Waals surface area contributed by atoms with E-state index in [0.717, 1.165) is 35.2 Å². The molecule has 0 radical (unpaired) electrons. The number of carbonyl (C=O) groups is 1. The minimum absolute atomic E-state index is 0.0757. The Hall–Kier alpha value is -2.88. The van der Waals surface area contributed by atoms with Crippen molar-refractivity contribution in [1.82, 2.24) is 10.3 Å². The van der Waals surface area contributed by atoms with Crippen LogP contribution in [0.25, 0.3) is 10.9 Å². The number of hydrogen-bond acceptors (Lipinski definition) is 3. The van der Waals surface area contributed by atoms with Crippen molar-refractivity contribution >= 4 is 16.8 Å². The summed E-state index contributed by atoms with van der Waals surface area (Å²) in [6, 6.07) is 18.0. The standard InChI is InChI=1S/C22H24N2O2/c1-15(9-10-17-7-5-4-6-8-17)23-22(25)20-13-18-11-12-19(26-3)14-21(18)24-16(20)2/h4-8,11-15H,9-10H2,1-3H3,(H,23,25)/t15-/m1/s1. The van der Waals surface area contributed by atoms with Crippen LogP contribution >= 0.6 is 0 Å². The molecule has 4 heteroatoms. The molecule has 1 heterocycles. The van der Waals surface area contributed by atoms with Crippen LogP contribution in [0.4, 0.5) is 0 Å². The molecule has 134 valence electrons. The summed E-state index contributed by atoms with van der Waals surface area (Å²) in [7, 11) is 1.63. The van der Waals surface area contributed by atoms with E-state index < -0.39 is 0 Å². The van der Waals surface area contributed by atoms with E-state index in [2.05, 4.69) is 22.4 Å². The number of aromatic nitrogens is 1. The van der Waals surface area contributed by atoms with E-state index in [9.17, 15) is 4.79 Å². The molecule has 3 rings (SSSR count). The zero-order valence-corrected chi connectivity index (χ0v) is 15.5. The van der Waals surface area contributed by atoms with Gasteiger partial charge in [0.05, 0.1) is 23.9 Å². The van der Waals surface area contributed by atoms with E-state index in [1.807, 2.05) is 56.3 Å². The Labute approximate surface area is 154 Å². The molecule has 1 N–H and O–H groups in total. The van der Waals surface area contributed by atoms with E-state index in [1.165, 1.54) is 5.56 Å². The molecule has 26 heavy (non-hydrogen) atoms. The molecule has 4 nitrogen and oxygen atoms in total. The molecule has 1 aromatic heterocycles. The summed E-state index contributed by atoms with van der Waals surface area (Å²) >= 11 is 0. The van der Waals surface area contributed by atoms with Gasteiger partial charge in [-0.2, -0.15) is 0 Å². The predicted molar refractivity (Wildman–Crippen MR) is 105 cm³/mol. The van der Waals surface area contributed by atoms with Gasteiger partial charge in [-0.1, -0.05) is 30.3 Å². The number of methoxy groups -OCH3 is 1. The Morgan fingerprint density at radius 3 is 2.65 bits per heavy atom. The van der Waals surface area contributed by atoms with Crippen LogP contribution in [-0.4, -0.2) is 24.0 Å². The van der Waals surface area contributed by atoms with Crippen molar-refractivity contribution < 1.29 is 9.53 Å². The van der Waals surface area contributed by atoms with E-state index in [4.69, 9.17) is 4.74 Å². The Bertz CT molecular complexity index is 907. The predicted octanol–water partition coefficient (Wildman–Crippen LogP) is 4.30. The van der Waals surface area contributed by atoms with Gasteiger partial charge in [0.1, 0.15) is 5.75 Å². The van der Waals surface area contributed by atoms with Gasteiger partial charge >= 0.3 is 0 Å². The molecular formula is C22H24N2O2. The average molecular weight is 348 g/mol. The lowest BCUT2D eigenvalue weighted by molar-refractivity contribution is 0.0937. The Balaban J connectivity index is 1.69. The third-order valence-electron chi connectivity index (χ3n) is 4.55. The highest BCUT2D eigenvalue weighted by Crippen LogP contribution is 2.21. The van der Waals surface area contributed by atoms with Gasteiger partial charge in [-0.25, -0.2) is 0 Å². The number of amides is 1. The van der Waals surface area contributed by atoms with Crippen LogP contribution in [-0.2, 0) is 6.42 Å². The number of benzene rings is 2. The van der Waals surface area contributed by atoms with Crippen LogP contribution in [0.2, 0.25) is 0 Å². The summed E-state index contributed by atoms with van der Waals surface area (Å²) in [5, 5.41) is 4.02. The number of carbonyl (C=O) groups excluding carboxylic acids is 1. The van der Waals surface area contributed by atoms with Gasteiger partial charge in [0.2, 0.25) is 0 Å². The minimum atomic E-state index is -0.0757. The molecule has 2 aromatic carbocycles. The molecule has 0 aliphatic rings. The molecule has 0 fully saturated rings. The SMILES string of the molecule is COc1ccc2cc(C(=O)N[C@H](C)CCc3ccccc3)c(C)nc2c1. The maximum absolute atomic E-state index is 12.7. The number of fused-ring (bicyclic) bond motifs is 1. The first kappa shape index (κ1) is 17.9. The molecule has 0 spiro atoms. The summed E-state index contributed by atoms with van der Waals surface area (Å²) in [4.78, 5) is 17.2. The van der Waals surface area contributed by atoms with Crippen LogP contribution in [0.1, 0.15) is 35.0 Å². The highest BCUT2D eigenvalue weighted by molar-refractivity contribution is 5.98. The zero-order valence-electron chi connectivity index (χ0n) is 15.5. The molecule has 0 saturated carbocycles. The number of rotatable bonds is 6.